The second-order valence-electron chi connectivity index (χ2n) is 5.62. The molecule has 3 aromatic carbocycles. The van der Waals surface area contributed by atoms with Gasteiger partial charge in [0.25, 0.3) is 5.91 Å². The van der Waals surface area contributed by atoms with Crippen LogP contribution < -0.4 is 10.9 Å². The molecule has 1 amide bonds. The molecular formula is C20H13FN2O2. The molecule has 0 aliphatic heterocycles. The third-order valence-electron chi connectivity index (χ3n) is 4.04. The second kappa shape index (κ2) is 5.87. The number of fused-ring (bicyclic) bond motifs is 3. The third-order valence-corrected chi connectivity index (χ3v) is 4.04. The zero-order valence-electron chi connectivity index (χ0n) is 13.0. The van der Waals surface area contributed by atoms with Crippen LogP contribution in [-0.2, 0) is 0 Å². The van der Waals surface area contributed by atoms with Crippen molar-refractivity contribution < 1.29 is 13.6 Å². The van der Waals surface area contributed by atoms with Gasteiger partial charge in [-0.05, 0) is 35.0 Å². The maximum absolute atomic E-state index is 13.7. The van der Waals surface area contributed by atoms with Gasteiger partial charge in [-0.25, -0.2) is 4.39 Å². The molecule has 0 radical (unpaired) electrons. The fourth-order valence-electron chi connectivity index (χ4n) is 2.81. The zero-order chi connectivity index (χ0) is 17.4. The van der Waals surface area contributed by atoms with E-state index in [1.807, 2.05) is 30.3 Å². The number of para-hydroxylation sites is 1. The lowest BCUT2D eigenvalue weighted by Gasteiger charge is -2.08. The van der Waals surface area contributed by atoms with Crippen molar-refractivity contribution in [3.8, 4) is 0 Å². The zero-order valence-corrected chi connectivity index (χ0v) is 13.0. The van der Waals surface area contributed by atoms with Crippen molar-refractivity contribution in [1.29, 1.82) is 5.41 Å². The molecule has 0 unspecified atom stereocenters. The normalized spacial score (nSPS) is 10.9. The Labute approximate surface area is 142 Å². The minimum atomic E-state index is -0.589. The summed E-state index contributed by atoms with van der Waals surface area (Å²) in [6.45, 7) is 0. The van der Waals surface area contributed by atoms with Crippen molar-refractivity contribution >= 4 is 33.3 Å². The molecule has 0 aliphatic carbocycles. The maximum atomic E-state index is 13.7. The van der Waals surface area contributed by atoms with E-state index in [1.165, 1.54) is 12.1 Å². The molecule has 4 nitrogen and oxygen atoms in total. The molecule has 122 valence electrons. The highest BCUT2D eigenvalue weighted by Crippen LogP contribution is 2.25. The van der Waals surface area contributed by atoms with E-state index in [-0.39, 0.29) is 16.8 Å². The number of hydrogen-bond donors (Lipinski definition) is 2. The molecule has 0 bridgehead atoms. The van der Waals surface area contributed by atoms with Gasteiger partial charge in [0.05, 0.1) is 5.69 Å². The number of benzene rings is 3. The molecule has 4 aromatic rings. The van der Waals surface area contributed by atoms with Crippen LogP contribution in [0, 0.1) is 11.2 Å². The van der Waals surface area contributed by atoms with Crippen molar-refractivity contribution in [1.82, 2.24) is 0 Å². The maximum Gasteiger partial charge on any atom is 0.261 e. The first-order chi connectivity index (χ1) is 12.1. The van der Waals surface area contributed by atoms with Crippen molar-refractivity contribution in [2.75, 3.05) is 5.32 Å². The molecule has 0 atom stereocenters. The lowest BCUT2D eigenvalue weighted by Crippen LogP contribution is -2.21. The number of halogens is 1. The fourth-order valence-corrected chi connectivity index (χ4v) is 2.81. The standard InChI is InChI=1S/C20H13FN2O2/c21-16-7-3-4-8-17(16)23-20(24)15-11-14-13-6-2-1-5-12(13)9-10-18(14)25-19(15)22/h1-11,22H,(H,23,24). The molecule has 0 saturated carbocycles. The Morgan fingerprint density at radius 1 is 0.960 bits per heavy atom. The van der Waals surface area contributed by atoms with Crippen molar-refractivity contribution in [3.63, 3.8) is 0 Å². The number of anilines is 1. The summed E-state index contributed by atoms with van der Waals surface area (Å²) >= 11 is 0. The van der Waals surface area contributed by atoms with Gasteiger partial charge in [0.2, 0.25) is 5.55 Å². The van der Waals surface area contributed by atoms with E-state index in [0.717, 1.165) is 16.2 Å². The minimum absolute atomic E-state index is 0.0482. The van der Waals surface area contributed by atoms with Crippen LogP contribution in [0.25, 0.3) is 21.7 Å². The summed E-state index contributed by atoms with van der Waals surface area (Å²) in [6.07, 6.45) is 0. The van der Waals surface area contributed by atoms with Gasteiger partial charge in [-0.3, -0.25) is 10.2 Å². The summed E-state index contributed by atoms with van der Waals surface area (Å²) in [5.74, 6) is -1.13. The van der Waals surface area contributed by atoms with Crippen LogP contribution in [0.15, 0.2) is 71.1 Å². The largest absolute Gasteiger partial charge is 0.438 e. The topological polar surface area (TPSA) is 66.1 Å². The highest BCUT2D eigenvalue weighted by atomic mass is 19.1. The Balaban J connectivity index is 1.85. The molecular weight excluding hydrogens is 319 g/mol. The lowest BCUT2D eigenvalue weighted by molar-refractivity contribution is 0.102. The third kappa shape index (κ3) is 2.65. The van der Waals surface area contributed by atoms with Gasteiger partial charge in [-0.2, -0.15) is 0 Å². The van der Waals surface area contributed by atoms with Crippen LogP contribution in [0.5, 0.6) is 0 Å². The van der Waals surface area contributed by atoms with E-state index >= 15 is 0 Å². The van der Waals surface area contributed by atoms with E-state index in [9.17, 15) is 9.18 Å². The van der Waals surface area contributed by atoms with Crippen molar-refractivity contribution in [2.45, 2.75) is 0 Å². The smallest absolute Gasteiger partial charge is 0.261 e. The molecule has 0 aliphatic rings. The summed E-state index contributed by atoms with van der Waals surface area (Å²) in [6, 6.07) is 18.9. The Morgan fingerprint density at radius 3 is 2.56 bits per heavy atom. The summed E-state index contributed by atoms with van der Waals surface area (Å²) < 4.78 is 19.2. The average Bonchev–Trinajstić information content (AvgIpc) is 2.62. The molecule has 0 fully saturated rings. The van der Waals surface area contributed by atoms with E-state index in [1.54, 1.807) is 24.3 Å². The first-order valence-electron chi connectivity index (χ1n) is 7.69. The summed E-state index contributed by atoms with van der Waals surface area (Å²) in [5.41, 5.74) is 0.361. The van der Waals surface area contributed by atoms with E-state index < -0.39 is 11.7 Å². The Bertz CT molecular complexity index is 1180. The first kappa shape index (κ1) is 15.1. The quantitative estimate of drug-likeness (QED) is 0.532. The highest BCUT2D eigenvalue weighted by Gasteiger charge is 2.14. The molecule has 1 heterocycles. The molecule has 0 spiro atoms. The number of hydrogen-bond acceptors (Lipinski definition) is 3. The molecule has 4 rings (SSSR count). The Hall–Kier alpha value is -3.47. The van der Waals surface area contributed by atoms with E-state index in [4.69, 9.17) is 9.83 Å². The number of carbonyl (C=O) groups excluding carboxylic acids is 1. The monoisotopic (exact) mass is 332 g/mol. The Kier molecular flexibility index (Phi) is 3.54. The first-order valence-corrected chi connectivity index (χ1v) is 7.69. The van der Waals surface area contributed by atoms with Crippen LogP contribution in [-0.4, -0.2) is 5.91 Å². The van der Waals surface area contributed by atoms with Crippen molar-refractivity contribution in [3.05, 3.63) is 83.7 Å². The predicted octanol–water partition coefficient (Wildman–Crippen LogP) is 4.46. The van der Waals surface area contributed by atoms with Gasteiger partial charge >= 0.3 is 0 Å². The Morgan fingerprint density at radius 2 is 1.72 bits per heavy atom. The van der Waals surface area contributed by atoms with Crippen LogP contribution >= 0.6 is 0 Å². The van der Waals surface area contributed by atoms with Crippen LogP contribution in [0.3, 0.4) is 0 Å². The van der Waals surface area contributed by atoms with Gasteiger partial charge < -0.3 is 9.73 Å². The number of rotatable bonds is 2. The fraction of sp³-hybridized carbons (Fsp3) is 0. The van der Waals surface area contributed by atoms with Gasteiger partial charge in [0, 0.05) is 5.39 Å². The van der Waals surface area contributed by atoms with Crippen molar-refractivity contribution in [2.24, 2.45) is 0 Å². The van der Waals surface area contributed by atoms with Crippen LogP contribution in [0.1, 0.15) is 10.4 Å². The van der Waals surface area contributed by atoms with E-state index in [0.29, 0.717) is 5.58 Å². The summed E-state index contributed by atoms with van der Waals surface area (Å²) in [7, 11) is 0. The number of nitrogens with one attached hydrogen (secondary N) is 2. The molecule has 1 aromatic heterocycles. The molecule has 5 heteroatoms. The SMILES string of the molecule is N=c1oc2ccc3ccccc3c2cc1C(=O)Nc1ccccc1F. The van der Waals surface area contributed by atoms with Crippen LogP contribution in [0.4, 0.5) is 10.1 Å². The molecule has 25 heavy (non-hydrogen) atoms. The summed E-state index contributed by atoms with van der Waals surface area (Å²) in [4.78, 5) is 12.5. The van der Waals surface area contributed by atoms with E-state index in [2.05, 4.69) is 5.32 Å². The number of amides is 1. The minimum Gasteiger partial charge on any atom is -0.438 e. The number of carbonyl (C=O) groups is 1. The van der Waals surface area contributed by atoms with Gasteiger partial charge in [-0.15, -0.1) is 0 Å². The summed E-state index contributed by atoms with van der Waals surface area (Å²) in [5, 5.41) is 13.1. The molecule has 2 N–H and O–H groups in total. The van der Waals surface area contributed by atoms with Gasteiger partial charge in [0.1, 0.15) is 17.0 Å². The van der Waals surface area contributed by atoms with Gasteiger partial charge in [-0.1, -0.05) is 42.5 Å². The molecule has 0 saturated heterocycles. The predicted molar refractivity (Wildman–Crippen MR) is 93.9 cm³/mol. The second-order valence-corrected chi connectivity index (χ2v) is 5.62. The highest BCUT2D eigenvalue weighted by molar-refractivity contribution is 6.10. The average molecular weight is 332 g/mol. The lowest BCUT2D eigenvalue weighted by atomic mass is 10.0. The van der Waals surface area contributed by atoms with Crippen LogP contribution in [0.2, 0.25) is 0 Å². The van der Waals surface area contributed by atoms with Gasteiger partial charge in [0.15, 0.2) is 0 Å².